The Morgan fingerprint density at radius 1 is 0.190 bits per heavy atom. The van der Waals surface area contributed by atoms with Crippen molar-refractivity contribution in [3.8, 4) is 89.5 Å². The second kappa shape index (κ2) is 25.2. The summed E-state index contributed by atoms with van der Waals surface area (Å²) in [6.07, 6.45) is 0. The van der Waals surface area contributed by atoms with Gasteiger partial charge in [0, 0.05) is 115 Å². The number of para-hydroxylation sites is 6. The first-order valence-corrected chi connectivity index (χ1v) is 44.3. The Morgan fingerprint density at radius 2 is 0.524 bits per heavy atom. The van der Waals surface area contributed by atoms with E-state index in [1.54, 1.807) is 0 Å². The molecular weight excluding hydrogens is 1530 g/mol. The van der Waals surface area contributed by atoms with Gasteiger partial charge < -0.3 is 27.1 Å². The van der Waals surface area contributed by atoms with E-state index in [4.69, 9.17) is 8.83 Å². The molecule has 18 aromatic carbocycles. The van der Waals surface area contributed by atoms with E-state index in [1.165, 1.54) is 237 Å². The summed E-state index contributed by atoms with van der Waals surface area (Å²) in [6.45, 7) is 18.9. The number of hydrogen-bond acceptors (Lipinski definition) is 2. The first-order valence-electron chi connectivity index (χ1n) is 44.3. The fourth-order valence-electron chi connectivity index (χ4n) is 23.8. The second-order valence-corrected chi connectivity index (χ2v) is 37.8. The van der Waals surface area contributed by atoms with Crippen molar-refractivity contribution in [1.82, 2.24) is 18.3 Å². The van der Waals surface area contributed by atoms with Crippen molar-refractivity contribution in [3.63, 3.8) is 0 Å². The molecule has 0 radical (unpaired) electrons. The highest BCUT2D eigenvalue weighted by Crippen LogP contribution is 2.58. The van der Waals surface area contributed by atoms with Crippen LogP contribution < -0.4 is 0 Å². The number of rotatable bonds is 6. The average Bonchev–Trinajstić information content (AvgIpc) is 1.55. The molecule has 0 amide bonds. The molecule has 4 aliphatic rings. The Balaban J connectivity index is 0.000000131. The molecule has 6 heteroatoms. The third-order valence-electron chi connectivity index (χ3n) is 29.8. The van der Waals surface area contributed by atoms with Gasteiger partial charge in [0.05, 0.1) is 44.1 Å². The number of benzene rings is 18. The van der Waals surface area contributed by atoms with Gasteiger partial charge in [-0.25, -0.2) is 0 Å². The van der Waals surface area contributed by atoms with Gasteiger partial charge in [-0.3, -0.25) is 0 Å². The molecule has 0 saturated carbocycles. The lowest BCUT2D eigenvalue weighted by atomic mass is 9.80. The van der Waals surface area contributed by atoms with Crippen molar-refractivity contribution < 1.29 is 8.83 Å². The van der Waals surface area contributed by atoms with Gasteiger partial charge in [0.2, 0.25) is 0 Å². The Labute approximate surface area is 728 Å². The van der Waals surface area contributed by atoms with Crippen LogP contribution in [0.2, 0.25) is 0 Å². The summed E-state index contributed by atoms with van der Waals surface area (Å²) < 4.78 is 22.9. The monoisotopic (exact) mass is 1610 g/mol. The van der Waals surface area contributed by atoms with E-state index >= 15 is 0 Å². The summed E-state index contributed by atoms with van der Waals surface area (Å²) in [7, 11) is 0. The van der Waals surface area contributed by atoms with E-state index in [9.17, 15) is 0 Å². The van der Waals surface area contributed by atoms with Crippen LogP contribution in [0.25, 0.3) is 221 Å². The summed E-state index contributed by atoms with van der Waals surface area (Å²) in [6, 6.07) is 136. The lowest BCUT2D eigenvalue weighted by Crippen LogP contribution is -2.16. The minimum atomic E-state index is -0.230. The fraction of sp³-hybridized carbons (Fsp3) is 0.100. The first-order chi connectivity index (χ1) is 61.5. The molecular formula is C120H84N4O2. The van der Waals surface area contributed by atoms with E-state index in [0.29, 0.717) is 0 Å². The molecule has 6 heterocycles. The molecule has 0 spiro atoms. The highest BCUT2D eigenvalue weighted by atomic mass is 16.3. The standard InChI is InChI=1S/2C60H42N2O/c1-59(2)48-17-9-5-13-39(48)40-26-23-37(33-49(40)59)61-52-19-11-7-15-43(52)47-31-35(22-29-53(47)61)36-21-25-44-42-14-6-10-18-51(42)62(54(44)32-36)38-24-27-41-45-28-30-56-57(46-16-8-12-20-55(46)63-56)58(45)60(3,4)50(41)34-38;1-59(2)48-17-9-5-13-39(48)40-27-23-37(33-50(40)59)61-52-18-10-6-14-41(52)43-25-21-35(31-54(43)61)36-22-26-44-42-15-7-11-19-53(42)62(55(44)32-36)38-24-28-47-51(34-38)60(3,4)49-30-29-46-45-16-8-12-20-56(45)63-58(46)57(47)49/h2*5-34H,1-4H3. The van der Waals surface area contributed by atoms with Gasteiger partial charge in [-0.15, -0.1) is 0 Å². The summed E-state index contributed by atoms with van der Waals surface area (Å²) >= 11 is 0. The molecule has 0 bridgehead atoms. The predicted molar refractivity (Wildman–Crippen MR) is 526 cm³/mol. The Bertz CT molecular complexity index is 8990. The van der Waals surface area contributed by atoms with Crippen LogP contribution in [0.5, 0.6) is 0 Å². The van der Waals surface area contributed by atoms with Crippen molar-refractivity contribution in [1.29, 1.82) is 0 Å². The maximum Gasteiger partial charge on any atom is 0.143 e. The molecule has 0 atom stereocenters. The number of fused-ring (bicyclic) bond motifs is 32. The molecule has 4 aliphatic carbocycles. The SMILES string of the molecule is CC1(C)c2ccccc2-c2ccc(-n3c4ccccc4c4cc(-c5ccc6c7ccccc7n(-c7ccc8c(c7)C(C)(C)c7c-8ccc8oc9ccccc9c78)c6c5)ccc43)cc21.CC1(C)c2ccccc2-c2ccc(-n3c4ccccc4c4ccc(-c5ccc6c7ccccc7n(-c7ccc8c(c7)C(C)(C)c7ccc9c(oc%10ccccc%109)c7-8)c6c5)cc43)cc21. The van der Waals surface area contributed by atoms with Crippen LogP contribution in [0.1, 0.15) is 99.9 Å². The van der Waals surface area contributed by atoms with Crippen LogP contribution in [0.15, 0.2) is 373 Å². The molecule has 0 aliphatic heterocycles. The largest absolute Gasteiger partial charge is 0.456 e. The summed E-state index contributed by atoms with van der Waals surface area (Å²) in [5.74, 6) is 0. The highest BCUT2D eigenvalue weighted by Gasteiger charge is 2.42. The molecule has 24 aromatic rings. The second-order valence-electron chi connectivity index (χ2n) is 37.8. The average molecular weight is 1610 g/mol. The fourth-order valence-corrected chi connectivity index (χ4v) is 23.8. The predicted octanol–water partition coefficient (Wildman–Crippen LogP) is 32.1. The van der Waals surface area contributed by atoms with Crippen LogP contribution in [0.3, 0.4) is 0 Å². The Kier molecular flexibility index (Phi) is 14.3. The molecule has 0 fully saturated rings. The van der Waals surface area contributed by atoms with Crippen molar-refractivity contribution in [2.45, 2.75) is 77.0 Å². The van der Waals surface area contributed by atoms with Crippen LogP contribution in [0, 0.1) is 0 Å². The van der Waals surface area contributed by atoms with Crippen LogP contribution >= 0.6 is 0 Å². The van der Waals surface area contributed by atoms with Crippen LogP contribution in [-0.2, 0) is 21.7 Å². The quantitative estimate of drug-likeness (QED) is 0.167. The molecule has 0 unspecified atom stereocenters. The molecule has 0 N–H and O–H groups in total. The minimum absolute atomic E-state index is 0.0711. The third kappa shape index (κ3) is 9.60. The zero-order valence-electron chi connectivity index (χ0n) is 71.2. The minimum Gasteiger partial charge on any atom is -0.456 e. The van der Waals surface area contributed by atoms with Crippen LogP contribution in [0.4, 0.5) is 0 Å². The van der Waals surface area contributed by atoms with Crippen LogP contribution in [-0.4, -0.2) is 18.3 Å². The van der Waals surface area contributed by atoms with E-state index in [2.05, 4.69) is 438 Å². The van der Waals surface area contributed by atoms with Gasteiger partial charge >= 0.3 is 0 Å². The summed E-state index contributed by atoms with van der Waals surface area (Å²) in [4.78, 5) is 0. The molecule has 126 heavy (non-hydrogen) atoms. The van der Waals surface area contributed by atoms with Gasteiger partial charge in [-0.05, 0) is 227 Å². The van der Waals surface area contributed by atoms with Crippen molar-refractivity contribution in [2.75, 3.05) is 0 Å². The third-order valence-corrected chi connectivity index (χ3v) is 29.8. The zero-order valence-corrected chi connectivity index (χ0v) is 71.2. The topological polar surface area (TPSA) is 46.0 Å². The normalized spacial score (nSPS) is 14.6. The maximum atomic E-state index is 6.63. The van der Waals surface area contributed by atoms with Crippen molar-refractivity contribution in [3.05, 3.63) is 408 Å². The van der Waals surface area contributed by atoms with Gasteiger partial charge in [0.15, 0.2) is 0 Å². The lowest BCUT2D eigenvalue weighted by molar-refractivity contribution is 0.653. The summed E-state index contributed by atoms with van der Waals surface area (Å²) in [5, 5.41) is 14.8. The Hall–Kier alpha value is -15.2. The van der Waals surface area contributed by atoms with Crippen molar-refractivity contribution in [2.24, 2.45) is 0 Å². The molecule has 0 saturated heterocycles. The molecule has 6 aromatic heterocycles. The lowest BCUT2D eigenvalue weighted by Gasteiger charge is -2.23. The van der Waals surface area contributed by atoms with Crippen molar-refractivity contribution >= 4 is 131 Å². The summed E-state index contributed by atoms with van der Waals surface area (Å²) in [5.41, 5.74) is 43.7. The number of aromatic nitrogens is 4. The van der Waals surface area contributed by atoms with E-state index in [0.717, 1.165) is 28.0 Å². The zero-order chi connectivity index (χ0) is 83.9. The van der Waals surface area contributed by atoms with E-state index < -0.39 is 0 Å². The van der Waals surface area contributed by atoms with E-state index in [1.807, 2.05) is 0 Å². The van der Waals surface area contributed by atoms with Gasteiger partial charge in [-0.1, -0.05) is 298 Å². The molecule has 596 valence electrons. The Morgan fingerprint density at radius 3 is 1.02 bits per heavy atom. The molecule has 28 rings (SSSR count). The van der Waals surface area contributed by atoms with Gasteiger partial charge in [0.25, 0.3) is 0 Å². The van der Waals surface area contributed by atoms with Gasteiger partial charge in [-0.2, -0.15) is 0 Å². The number of hydrogen-bond donors (Lipinski definition) is 0. The first kappa shape index (κ1) is 71.3. The smallest absolute Gasteiger partial charge is 0.143 e. The van der Waals surface area contributed by atoms with Gasteiger partial charge in [0.1, 0.15) is 22.3 Å². The number of furan rings is 2. The highest BCUT2D eigenvalue weighted by molar-refractivity contribution is 6.18. The number of nitrogens with zero attached hydrogens (tertiary/aromatic N) is 4. The van der Waals surface area contributed by atoms with E-state index in [-0.39, 0.29) is 21.7 Å². The maximum absolute atomic E-state index is 6.63. The molecule has 6 nitrogen and oxygen atoms in total.